The third-order valence-corrected chi connectivity index (χ3v) is 5.24. The number of aromatic nitrogens is 1. The molecule has 114 valence electrons. The Labute approximate surface area is 125 Å². The number of sulfonamides is 1. The summed E-state index contributed by atoms with van der Waals surface area (Å²) in [7, 11) is -3.46. The quantitative estimate of drug-likeness (QED) is 0.629. The summed E-state index contributed by atoms with van der Waals surface area (Å²) in [6.45, 7) is 4.78. The molecular formula is C14H20N4O2S. The molecule has 2 rings (SSSR count). The molecule has 0 aliphatic carbocycles. The predicted molar refractivity (Wildman–Crippen MR) is 84.3 cm³/mol. The van der Waals surface area contributed by atoms with Crippen molar-refractivity contribution in [2.24, 2.45) is 5.84 Å². The summed E-state index contributed by atoms with van der Waals surface area (Å²) in [5, 5.41) is 0.766. The van der Waals surface area contributed by atoms with Gasteiger partial charge in [-0.1, -0.05) is 13.8 Å². The SMILES string of the molecule is CCCN(CC)S(=O)(=O)c1ccc2nc(NN)ccc2c1. The van der Waals surface area contributed by atoms with Crippen molar-refractivity contribution in [3.05, 3.63) is 30.3 Å². The van der Waals surface area contributed by atoms with Crippen LogP contribution in [0.2, 0.25) is 0 Å². The van der Waals surface area contributed by atoms with Gasteiger partial charge in [-0.2, -0.15) is 4.31 Å². The van der Waals surface area contributed by atoms with Crippen LogP contribution in [0.5, 0.6) is 0 Å². The Morgan fingerprint density at radius 1 is 1.24 bits per heavy atom. The molecule has 2 aromatic rings. The van der Waals surface area contributed by atoms with E-state index in [2.05, 4.69) is 10.4 Å². The number of fused-ring (bicyclic) bond motifs is 1. The molecule has 1 aromatic heterocycles. The van der Waals surface area contributed by atoms with Crippen LogP contribution in [0.1, 0.15) is 20.3 Å². The summed E-state index contributed by atoms with van der Waals surface area (Å²) in [4.78, 5) is 4.57. The smallest absolute Gasteiger partial charge is 0.243 e. The van der Waals surface area contributed by atoms with Crippen LogP contribution in [0.3, 0.4) is 0 Å². The van der Waals surface area contributed by atoms with Crippen molar-refractivity contribution < 1.29 is 8.42 Å². The van der Waals surface area contributed by atoms with Gasteiger partial charge in [-0.15, -0.1) is 0 Å². The molecule has 0 spiro atoms. The van der Waals surface area contributed by atoms with Crippen molar-refractivity contribution >= 4 is 26.7 Å². The Balaban J connectivity index is 2.47. The van der Waals surface area contributed by atoms with Crippen LogP contribution >= 0.6 is 0 Å². The summed E-state index contributed by atoms with van der Waals surface area (Å²) in [6.07, 6.45) is 0.785. The number of hydrogen-bond acceptors (Lipinski definition) is 5. The Morgan fingerprint density at radius 3 is 2.62 bits per heavy atom. The molecule has 0 amide bonds. The van der Waals surface area contributed by atoms with Crippen LogP contribution in [0.4, 0.5) is 5.82 Å². The van der Waals surface area contributed by atoms with E-state index in [1.165, 1.54) is 4.31 Å². The van der Waals surface area contributed by atoms with E-state index in [0.717, 1.165) is 11.8 Å². The van der Waals surface area contributed by atoms with Gasteiger partial charge in [0, 0.05) is 18.5 Å². The van der Waals surface area contributed by atoms with Gasteiger partial charge in [0.25, 0.3) is 0 Å². The lowest BCUT2D eigenvalue weighted by Crippen LogP contribution is -2.31. The third-order valence-electron chi connectivity index (χ3n) is 3.27. The highest BCUT2D eigenvalue weighted by Crippen LogP contribution is 2.22. The number of pyridine rings is 1. The average Bonchev–Trinajstić information content (AvgIpc) is 2.51. The fourth-order valence-electron chi connectivity index (χ4n) is 2.19. The highest BCUT2D eigenvalue weighted by molar-refractivity contribution is 7.89. The van der Waals surface area contributed by atoms with Gasteiger partial charge in [0.1, 0.15) is 5.82 Å². The number of hydrazine groups is 1. The molecule has 0 unspecified atom stereocenters. The molecule has 3 N–H and O–H groups in total. The maximum Gasteiger partial charge on any atom is 0.243 e. The lowest BCUT2D eigenvalue weighted by atomic mass is 10.2. The zero-order valence-electron chi connectivity index (χ0n) is 12.2. The first kappa shape index (κ1) is 15.7. The number of hydrogen-bond donors (Lipinski definition) is 2. The molecule has 6 nitrogen and oxygen atoms in total. The highest BCUT2D eigenvalue weighted by atomic mass is 32.2. The molecule has 0 atom stereocenters. The van der Waals surface area contributed by atoms with Crippen molar-refractivity contribution in [2.45, 2.75) is 25.2 Å². The first-order valence-electron chi connectivity index (χ1n) is 6.90. The van der Waals surface area contributed by atoms with Gasteiger partial charge in [-0.05, 0) is 36.8 Å². The van der Waals surface area contributed by atoms with Crippen molar-refractivity contribution in [1.29, 1.82) is 0 Å². The molecule has 0 radical (unpaired) electrons. The standard InChI is InChI=1S/C14H20N4O2S/c1-3-9-18(4-2)21(19,20)12-6-7-13-11(10-12)5-8-14(16-13)17-15/h5-8,10H,3-4,9,15H2,1-2H3,(H,16,17). The lowest BCUT2D eigenvalue weighted by Gasteiger charge is -2.19. The molecule has 0 saturated heterocycles. The van der Waals surface area contributed by atoms with Crippen molar-refractivity contribution in [1.82, 2.24) is 9.29 Å². The summed E-state index contributed by atoms with van der Waals surface area (Å²) < 4.78 is 26.7. The predicted octanol–water partition coefficient (Wildman–Crippen LogP) is 1.94. The normalized spacial score (nSPS) is 12.0. The minimum absolute atomic E-state index is 0.292. The Morgan fingerprint density at radius 2 is 2.00 bits per heavy atom. The van der Waals surface area contributed by atoms with E-state index in [1.54, 1.807) is 30.3 Å². The first-order valence-corrected chi connectivity index (χ1v) is 8.34. The minimum Gasteiger partial charge on any atom is -0.308 e. The molecule has 1 heterocycles. The van der Waals surface area contributed by atoms with E-state index >= 15 is 0 Å². The number of rotatable bonds is 6. The van der Waals surface area contributed by atoms with E-state index in [0.29, 0.717) is 29.3 Å². The number of nitrogens with one attached hydrogen (secondary N) is 1. The van der Waals surface area contributed by atoms with Gasteiger partial charge in [-0.3, -0.25) is 0 Å². The van der Waals surface area contributed by atoms with E-state index in [9.17, 15) is 8.42 Å². The molecule has 21 heavy (non-hydrogen) atoms. The van der Waals surface area contributed by atoms with Gasteiger partial charge < -0.3 is 5.43 Å². The molecule has 0 aliphatic rings. The topological polar surface area (TPSA) is 88.3 Å². The van der Waals surface area contributed by atoms with Gasteiger partial charge in [-0.25, -0.2) is 19.2 Å². The van der Waals surface area contributed by atoms with Crippen molar-refractivity contribution in [2.75, 3.05) is 18.5 Å². The second kappa shape index (κ2) is 6.38. The summed E-state index contributed by atoms with van der Waals surface area (Å²) in [6, 6.07) is 8.44. The van der Waals surface area contributed by atoms with Gasteiger partial charge in [0.05, 0.1) is 10.4 Å². The van der Waals surface area contributed by atoms with Gasteiger partial charge in [0.2, 0.25) is 10.0 Å². The molecule has 0 fully saturated rings. The summed E-state index contributed by atoms with van der Waals surface area (Å²) in [5.41, 5.74) is 3.17. The molecule has 0 aliphatic heterocycles. The molecule has 1 aromatic carbocycles. The molecule has 0 saturated carbocycles. The monoisotopic (exact) mass is 308 g/mol. The maximum absolute atomic E-state index is 12.6. The fourth-order valence-corrected chi connectivity index (χ4v) is 3.77. The zero-order valence-corrected chi connectivity index (χ0v) is 13.0. The fraction of sp³-hybridized carbons (Fsp3) is 0.357. The molecular weight excluding hydrogens is 288 g/mol. The maximum atomic E-state index is 12.6. The second-order valence-electron chi connectivity index (χ2n) is 4.69. The van der Waals surface area contributed by atoms with Crippen LogP contribution in [0.15, 0.2) is 35.2 Å². The second-order valence-corrected chi connectivity index (χ2v) is 6.63. The van der Waals surface area contributed by atoms with Crippen LogP contribution in [-0.2, 0) is 10.0 Å². The Hall–Kier alpha value is -1.70. The van der Waals surface area contributed by atoms with E-state index in [1.807, 2.05) is 13.8 Å². The van der Waals surface area contributed by atoms with Crippen molar-refractivity contribution in [3.63, 3.8) is 0 Å². The number of nitrogen functional groups attached to an aromatic ring is 1. The molecule has 0 bridgehead atoms. The van der Waals surface area contributed by atoms with E-state index in [-0.39, 0.29) is 0 Å². The lowest BCUT2D eigenvalue weighted by molar-refractivity contribution is 0.427. The first-order chi connectivity index (χ1) is 10.0. The zero-order chi connectivity index (χ0) is 15.5. The summed E-state index contributed by atoms with van der Waals surface area (Å²) >= 11 is 0. The number of benzene rings is 1. The minimum atomic E-state index is -3.46. The van der Waals surface area contributed by atoms with Crippen molar-refractivity contribution in [3.8, 4) is 0 Å². The number of anilines is 1. The van der Waals surface area contributed by atoms with Crippen LogP contribution in [-0.4, -0.2) is 30.8 Å². The number of nitrogens with two attached hydrogens (primary N) is 1. The Kier molecular flexibility index (Phi) is 4.76. The third kappa shape index (κ3) is 3.15. The van der Waals surface area contributed by atoms with Crippen LogP contribution in [0, 0.1) is 0 Å². The van der Waals surface area contributed by atoms with Gasteiger partial charge >= 0.3 is 0 Å². The van der Waals surface area contributed by atoms with Crippen LogP contribution in [0.25, 0.3) is 10.9 Å². The largest absolute Gasteiger partial charge is 0.308 e. The van der Waals surface area contributed by atoms with Gasteiger partial charge in [0.15, 0.2) is 0 Å². The number of nitrogens with zero attached hydrogens (tertiary/aromatic N) is 2. The highest BCUT2D eigenvalue weighted by Gasteiger charge is 2.22. The molecule has 7 heteroatoms. The van der Waals surface area contributed by atoms with Crippen LogP contribution < -0.4 is 11.3 Å². The van der Waals surface area contributed by atoms with E-state index in [4.69, 9.17) is 5.84 Å². The Bertz CT molecular complexity index is 731. The summed E-state index contributed by atoms with van der Waals surface area (Å²) in [5.74, 6) is 5.86. The average molecular weight is 308 g/mol. The van der Waals surface area contributed by atoms with E-state index < -0.39 is 10.0 Å².